The molecule has 0 saturated carbocycles. The molecule has 0 atom stereocenters. The molecule has 1 aromatic heterocycles. The predicted molar refractivity (Wildman–Crippen MR) is 69.5 cm³/mol. The van der Waals surface area contributed by atoms with E-state index in [9.17, 15) is 4.79 Å². The Labute approximate surface area is 111 Å². The Balaban J connectivity index is 1.93. The van der Waals surface area contributed by atoms with E-state index in [-0.39, 0.29) is 12.1 Å². The van der Waals surface area contributed by atoms with Gasteiger partial charge >= 0.3 is 5.97 Å². The highest BCUT2D eigenvalue weighted by atomic mass is 32.2. The number of nitrogens with zero attached hydrogens (tertiary/aromatic N) is 3. The number of fused-ring (bicyclic) bond motifs is 1. The minimum atomic E-state index is -0.194. The number of aryl methyl sites for hydroxylation is 1. The van der Waals surface area contributed by atoms with Crippen LogP contribution in [0.3, 0.4) is 0 Å². The minimum Gasteiger partial charge on any atom is -0.462 e. The molecule has 5 nitrogen and oxygen atoms in total. The molecule has 0 aliphatic carbocycles. The van der Waals surface area contributed by atoms with Gasteiger partial charge in [0.1, 0.15) is 5.82 Å². The lowest BCUT2D eigenvalue weighted by Gasteiger charge is -2.08. The van der Waals surface area contributed by atoms with Crippen molar-refractivity contribution in [3.05, 3.63) is 5.82 Å². The van der Waals surface area contributed by atoms with Gasteiger partial charge in [-0.05, 0) is 26.7 Å². The van der Waals surface area contributed by atoms with Crippen LogP contribution in [0, 0.1) is 0 Å². The maximum absolute atomic E-state index is 11.5. The van der Waals surface area contributed by atoms with Crippen molar-refractivity contribution in [1.29, 1.82) is 0 Å². The second kappa shape index (κ2) is 6.22. The van der Waals surface area contributed by atoms with Gasteiger partial charge in [-0.2, -0.15) is 0 Å². The number of carbonyl (C=O) groups is 1. The number of aromatic nitrogens is 3. The highest BCUT2D eigenvalue weighted by Gasteiger charge is 2.16. The molecule has 0 bridgehead atoms. The normalized spacial score (nSPS) is 15.3. The smallest absolute Gasteiger partial charge is 0.316 e. The molecular formula is C12H19N3O2S. The van der Waals surface area contributed by atoms with E-state index in [1.807, 2.05) is 13.8 Å². The number of hydrogen-bond donors (Lipinski definition) is 0. The standard InChI is InChI=1S/C12H19N3O2S/c1-9(2)17-11(16)8-18-12-14-13-10-6-4-3-5-7-15(10)12/h9H,3-8H2,1-2H3. The lowest BCUT2D eigenvalue weighted by Crippen LogP contribution is -2.14. The summed E-state index contributed by atoms with van der Waals surface area (Å²) < 4.78 is 7.24. The molecule has 0 spiro atoms. The van der Waals surface area contributed by atoms with Crippen molar-refractivity contribution >= 4 is 17.7 Å². The first-order valence-corrected chi connectivity index (χ1v) is 7.39. The first kappa shape index (κ1) is 13.4. The van der Waals surface area contributed by atoms with Crippen molar-refractivity contribution in [2.24, 2.45) is 0 Å². The maximum Gasteiger partial charge on any atom is 0.316 e. The Morgan fingerprint density at radius 2 is 2.22 bits per heavy atom. The van der Waals surface area contributed by atoms with E-state index >= 15 is 0 Å². The van der Waals surface area contributed by atoms with Crippen LogP contribution < -0.4 is 0 Å². The summed E-state index contributed by atoms with van der Waals surface area (Å²) in [6, 6.07) is 0. The second-order valence-electron chi connectivity index (χ2n) is 4.69. The van der Waals surface area contributed by atoms with Crippen molar-refractivity contribution in [3.8, 4) is 0 Å². The van der Waals surface area contributed by atoms with Gasteiger partial charge in [0, 0.05) is 13.0 Å². The third kappa shape index (κ3) is 3.48. The number of carbonyl (C=O) groups excluding carboxylic acids is 1. The fraction of sp³-hybridized carbons (Fsp3) is 0.750. The average Bonchev–Trinajstić information content (AvgIpc) is 2.54. The Bertz CT molecular complexity index is 417. The summed E-state index contributed by atoms with van der Waals surface area (Å²) in [5.41, 5.74) is 0. The van der Waals surface area contributed by atoms with Gasteiger partial charge in [-0.3, -0.25) is 4.79 Å². The summed E-state index contributed by atoms with van der Waals surface area (Å²) in [4.78, 5) is 11.5. The van der Waals surface area contributed by atoms with Gasteiger partial charge in [0.25, 0.3) is 0 Å². The first-order chi connectivity index (χ1) is 8.66. The van der Waals surface area contributed by atoms with Crippen molar-refractivity contribution < 1.29 is 9.53 Å². The maximum atomic E-state index is 11.5. The summed E-state index contributed by atoms with van der Waals surface area (Å²) in [7, 11) is 0. The van der Waals surface area contributed by atoms with Crippen LogP contribution in [0.4, 0.5) is 0 Å². The minimum absolute atomic E-state index is 0.0615. The third-order valence-corrected chi connectivity index (χ3v) is 3.70. The quantitative estimate of drug-likeness (QED) is 0.618. The Morgan fingerprint density at radius 1 is 1.39 bits per heavy atom. The monoisotopic (exact) mass is 269 g/mol. The van der Waals surface area contributed by atoms with Gasteiger partial charge in [-0.15, -0.1) is 10.2 Å². The molecule has 1 aromatic rings. The number of rotatable bonds is 4. The topological polar surface area (TPSA) is 57.0 Å². The SMILES string of the molecule is CC(C)OC(=O)CSc1nnc2n1CCCCC2. The molecule has 0 radical (unpaired) electrons. The van der Waals surface area contributed by atoms with Gasteiger partial charge in [0.2, 0.25) is 0 Å². The first-order valence-electron chi connectivity index (χ1n) is 6.41. The van der Waals surface area contributed by atoms with Gasteiger partial charge in [0.15, 0.2) is 5.16 Å². The van der Waals surface area contributed by atoms with E-state index in [1.165, 1.54) is 24.6 Å². The van der Waals surface area contributed by atoms with Gasteiger partial charge < -0.3 is 9.30 Å². The largest absolute Gasteiger partial charge is 0.462 e. The number of ether oxygens (including phenoxy) is 1. The summed E-state index contributed by atoms with van der Waals surface area (Å²) >= 11 is 1.42. The van der Waals surface area contributed by atoms with Crippen LogP contribution in [0.15, 0.2) is 5.16 Å². The van der Waals surface area contributed by atoms with E-state index in [0.29, 0.717) is 5.75 Å². The van der Waals surface area contributed by atoms with Crippen molar-refractivity contribution in [2.75, 3.05) is 5.75 Å². The van der Waals surface area contributed by atoms with E-state index in [0.717, 1.165) is 30.4 Å². The molecule has 100 valence electrons. The van der Waals surface area contributed by atoms with Crippen LogP contribution in [0.5, 0.6) is 0 Å². The fourth-order valence-corrected chi connectivity index (χ4v) is 2.75. The van der Waals surface area contributed by atoms with Crippen molar-refractivity contribution in [1.82, 2.24) is 14.8 Å². The molecule has 0 fully saturated rings. The lowest BCUT2D eigenvalue weighted by molar-refractivity contribution is -0.144. The van der Waals surface area contributed by atoms with Gasteiger partial charge in [0.05, 0.1) is 11.9 Å². The van der Waals surface area contributed by atoms with Gasteiger partial charge in [-0.25, -0.2) is 0 Å². The molecule has 0 unspecified atom stereocenters. The third-order valence-electron chi connectivity index (χ3n) is 2.76. The summed E-state index contributed by atoms with van der Waals surface area (Å²) in [6.45, 7) is 4.67. The average molecular weight is 269 g/mol. The summed E-state index contributed by atoms with van der Waals surface area (Å²) in [5.74, 6) is 1.16. The Kier molecular flexibility index (Phi) is 4.63. The highest BCUT2D eigenvalue weighted by molar-refractivity contribution is 7.99. The van der Waals surface area contributed by atoms with Crippen molar-refractivity contribution in [3.63, 3.8) is 0 Å². The molecule has 18 heavy (non-hydrogen) atoms. The molecule has 2 rings (SSSR count). The lowest BCUT2D eigenvalue weighted by atomic mass is 10.2. The molecule has 1 aliphatic heterocycles. The molecular weight excluding hydrogens is 250 g/mol. The van der Waals surface area contributed by atoms with Crippen LogP contribution in [-0.4, -0.2) is 32.6 Å². The zero-order valence-corrected chi connectivity index (χ0v) is 11.7. The number of esters is 1. The van der Waals surface area contributed by atoms with E-state index in [4.69, 9.17) is 4.74 Å². The van der Waals surface area contributed by atoms with Crippen LogP contribution in [0.1, 0.15) is 38.9 Å². The second-order valence-corrected chi connectivity index (χ2v) is 5.63. The number of thioether (sulfide) groups is 1. The zero-order chi connectivity index (χ0) is 13.0. The molecule has 0 N–H and O–H groups in total. The Morgan fingerprint density at radius 3 is 3.00 bits per heavy atom. The van der Waals surface area contributed by atoms with Gasteiger partial charge in [-0.1, -0.05) is 18.2 Å². The summed E-state index contributed by atoms with van der Waals surface area (Å²) in [5, 5.41) is 9.19. The zero-order valence-electron chi connectivity index (χ0n) is 10.9. The van der Waals surface area contributed by atoms with E-state index < -0.39 is 0 Å². The Hall–Kier alpha value is -1.04. The van der Waals surface area contributed by atoms with Crippen LogP contribution in [-0.2, 0) is 22.5 Å². The van der Waals surface area contributed by atoms with E-state index in [2.05, 4.69) is 14.8 Å². The molecule has 0 amide bonds. The molecule has 2 heterocycles. The molecule has 0 saturated heterocycles. The molecule has 6 heteroatoms. The fourth-order valence-electron chi connectivity index (χ4n) is 1.99. The van der Waals surface area contributed by atoms with Crippen LogP contribution in [0.25, 0.3) is 0 Å². The van der Waals surface area contributed by atoms with E-state index in [1.54, 1.807) is 0 Å². The number of hydrogen-bond acceptors (Lipinski definition) is 5. The summed E-state index contributed by atoms with van der Waals surface area (Å²) in [6.07, 6.45) is 4.51. The van der Waals surface area contributed by atoms with Crippen LogP contribution in [0.2, 0.25) is 0 Å². The highest BCUT2D eigenvalue weighted by Crippen LogP contribution is 2.21. The molecule has 1 aliphatic rings. The van der Waals surface area contributed by atoms with Crippen LogP contribution >= 0.6 is 11.8 Å². The molecule has 0 aromatic carbocycles. The predicted octanol–water partition coefficient (Wildman–Crippen LogP) is 2.05. The van der Waals surface area contributed by atoms with Crippen molar-refractivity contribution in [2.45, 2.75) is 57.3 Å².